The van der Waals surface area contributed by atoms with Crippen LogP contribution in [0.2, 0.25) is 0 Å². The second kappa shape index (κ2) is 5.76. The molecule has 1 unspecified atom stereocenters. The highest BCUT2D eigenvalue weighted by atomic mass is 16.5. The van der Waals surface area contributed by atoms with Crippen molar-refractivity contribution in [2.45, 2.75) is 33.2 Å². The normalized spacial score (nSPS) is 12.5. The van der Waals surface area contributed by atoms with Crippen LogP contribution in [0.15, 0.2) is 18.2 Å². The minimum atomic E-state index is 0.412. The van der Waals surface area contributed by atoms with E-state index in [0.29, 0.717) is 6.04 Å². The maximum absolute atomic E-state index is 5.24. The van der Waals surface area contributed by atoms with Crippen LogP contribution in [0.5, 0.6) is 5.75 Å². The summed E-state index contributed by atoms with van der Waals surface area (Å²) in [6.45, 7) is 7.51. The molecule has 1 rings (SSSR count). The standard InChI is InChI=1S/C13H21NO/c1-5-8-14-11(3)12-6-7-13(15-4)10(2)9-12/h6-7,9,11,14H,5,8H2,1-4H3. The Morgan fingerprint density at radius 2 is 2.13 bits per heavy atom. The highest BCUT2D eigenvalue weighted by Gasteiger charge is 2.06. The van der Waals surface area contributed by atoms with Gasteiger partial charge >= 0.3 is 0 Å². The zero-order valence-electron chi connectivity index (χ0n) is 10.1. The van der Waals surface area contributed by atoms with Crippen LogP contribution in [0.4, 0.5) is 0 Å². The molecule has 0 aliphatic heterocycles. The summed E-state index contributed by atoms with van der Waals surface area (Å²) in [5, 5.41) is 3.47. The molecule has 0 fully saturated rings. The Balaban J connectivity index is 2.73. The molecule has 84 valence electrons. The van der Waals surface area contributed by atoms with E-state index in [0.717, 1.165) is 12.3 Å². The molecular formula is C13H21NO. The largest absolute Gasteiger partial charge is 0.496 e. The van der Waals surface area contributed by atoms with Gasteiger partial charge in [-0.15, -0.1) is 0 Å². The van der Waals surface area contributed by atoms with E-state index in [-0.39, 0.29) is 0 Å². The monoisotopic (exact) mass is 207 g/mol. The number of hydrogen-bond acceptors (Lipinski definition) is 2. The van der Waals surface area contributed by atoms with Crippen molar-refractivity contribution in [3.8, 4) is 5.75 Å². The minimum absolute atomic E-state index is 0.412. The summed E-state index contributed by atoms with van der Waals surface area (Å²) >= 11 is 0. The fourth-order valence-electron chi connectivity index (χ4n) is 1.65. The lowest BCUT2D eigenvalue weighted by Gasteiger charge is -2.15. The molecule has 0 spiro atoms. The molecule has 0 radical (unpaired) electrons. The number of aryl methyl sites for hydroxylation is 1. The summed E-state index contributed by atoms with van der Waals surface area (Å²) in [5.41, 5.74) is 2.52. The minimum Gasteiger partial charge on any atom is -0.496 e. The van der Waals surface area contributed by atoms with Crippen LogP contribution < -0.4 is 10.1 Å². The summed E-state index contributed by atoms with van der Waals surface area (Å²) < 4.78 is 5.24. The van der Waals surface area contributed by atoms with Crippen molar-refractivity contribution >= 4 is 0 Å². The first kappa shape index (κ1) is 12.1. The molecule has 2 nitrogen and oxygen atoms in total. The molecule has 1 aromatic rings. The lowest BCUT2D eigenvalue weighted by Crippen LogP contribution is -2.19. The van der Waals surface area contributed by atoms with Crippen LogP contribution in [-0.4, -0.2) is 13.7 Å². The van der Waals surface area contributed by atoms with E-state index >= 15 is 0 Å². The van der Waals surface area contributed by atoms with Gasteiger partial charge < -0.3 is 10.1 Å². The highest BCUT2D eigenvalue weighted by molar-refractivity contribution is 5.37. The van der Waals surface area contributed by atoms with Crippen molar-refractivity contribution in [3.63, 3.8) is 0 Å². The average molecular weight is 207 g/mol. The van der Waals surface area contributed by atoms with E-state index in [4.69, 9.17) is 4.74 Å². The van der Waals surface area contributed by atoms with Crippen LogP contribution in [0.1, 0.15) is 37.4 Å². The third-order valence-electron chi connectivity index (χ3n) is 2.62. The van der Waals surface area contributed by atoms with Gasteiger partial charge in [0.25, 0.3) is 0 Å². The molecule has 1 atom stereocenters. The quantitative estimate of drug-likeness (QED) is 0.801. The summed E-state index contributed by atoms with van der Waals surface area (Å²) in [4.78, 5) is 0. The van der Waals surface area contributed by atoms with Crippen LogP contribution in [0.3, 0.4) is 0 Å². The van der Waals surface area contributed by atoms with E-state index in [2.05, 4.69) is 38.2 Å². The SMILES string of the molecule is CCCNC(C)c1ccc(OC)c(C)c1. The average Bonchev–Trinajstić information content (AvgIpc) is 2.25. The van der Waals surface area contributed by atoms with Crippen molar-refractivity contribution in [2.24, 2.45) is 0 Å². The number of ether oxygens (including phenoxy) is 1. The van der Waals surface area contributed by atoms with Gasteiger partial charge in [-0.25, -0.2) is 0 Å². The molecule has 0 bridgehead atoms. The Labute approximate surface area is 92.6 Å². The predicted molar refractivity (Wildman–Crippen MR) is 64.4 cm³/mol. The Morgan fingerprint density at radius 1 is 1.40 bits per heavy atom. The Kier molecular flexibility index (Phi) is 4.63. The van der Waals surface area contributed by atoms with E-state index in [1.54, 1.807) is 7.11 Å². The Hall–Kier alpha value is -1.02. The van der Waals surface area contributed by atoms with E-state index in [9.17, 15) is 0 Å². The highest BCUT2D eigenvalue weighted by Crippen LogP contribution is 2.22. The summed E-state index contributed by atoms with van der Waals surface area (Å²) in [7, 11) is 1.71. The lowest BCUT2D eigenvalue weighted by molar-refractivity contribution is 0.411. The van der Waals surface area contributed by atoms with Crippen LogP contribution in [-0.2, 0) is 0 Å². The van der Waals surface area contributed by atoms with Crippen LogP contribution in [0.25, 0.3) is 0 Å². The fraction of sp³-hybridized carbons (Fsp3) is 0.538. The van der Waals surface area contributed by atoms with Crippen molar-refractivity contribution in [1.82, 2.24) is 5.32 Å². The summed E-state index contributed by atoms with van der Waals surface area (Å²) in [5.74, 6) is 0.960. The molecule has 1 N–H and O–H groups in total. The topological polar surface area (TPSA) is 21.3 Å². The van der Waals surface area contributed by atoms with Gasteiger partial charge in [0.05, 0.1) is 7.11 Å². The van der Waals surface area contributed by atoms with Crippen LogP contribution >= 0.6 is 0 Å². The second-order valence-corrected chi connectivity index (χ2v) is 3.90. The molecule has 15 heavy (non-hydrogen) atoms. The molecule has 2 heteroatoms. The molecule has 0 aliphatic carbocycles. The Morgan fingerprint density at radius 3 is 2.67 bits per heavy atom. The van der Waals surface area contributed by atoms with Gasteiger partial charge in [-0.3, -0.25) is 0 Å². The van der Waals surface area contributed by atoms with Gasteiger partial charge in [-0.2, -0.15) is 0 Å². The third-order valence-corrected chi connectivity index (χ3v) is 2.62. The fourth-order valence-corrected chi connectivity index (χ4v) is 1.65. The lowest BCUT2D eigenvalue weighted by atomic mass is 10.0. The summed E-state index contributed by atoms with van der Waals surface area (Å²) in [6.07, 6.45) is 1.17. The molecule has 0 aromatic heterocycles. The molecule has 0 saturated heterocycles. The zero-order chi connectivity index (χ0) is 11.3. The number of methoxy groups -OCH3 is 1. The van der Waals surface area contributed by atoms with E-state index in [1.807, 2.05) is 6.07 Å². The van der Waals surface area contributed by atoms with Gasteiger partial charge in [-0.1, -0.05) is 19.1 Å². The number of benzene rings is 1. The third kappa shape index (κ3) is 3.24. The predicted octanol–water partition coefficient (Wildman–Crippen LogP) is 3.06. The molecule has 0 aliphatic rings. The molecule has 0 saturated carbocycles. The molecule has 0 amide bonds. The van der Waals surface area contributed by atoms with E-state index < -0.39 is 0 Å². The maximum Gasteiger partial charge on any atom is 0.121 e. The Bertz CT molecular complexity index is 309. The first-order valence-electron chi connectivity index (χ1n) is 5.57. The molecule has 0 heterocycles. The number of nitrogens with one attached hydrogen (secondary N) is 1. The first-order chi connectivity index (χ1) is 7.19. The summed E-state index contributed by atoms with van der Waals surface area (Å²) in [6, 6.07) is 6.76. The van der Waals surface area contributed by atoms with Gasteiger partial charge in [0.1, 0.15) is 5.75 Å². The first-order valence-corrected chi connectivity index (χ1v) is 5.57. The maximum atomic E-state index is 5.24. The van der Waals surface area contributed by atoms with E-state index in [1.165, 1.54) is 17.5 Å². The molecule has 1 aromatic carbocycles. The van der Waals surface area contributed by atoms with Gasteiger partial charge in [0.15, 0.2) is 0 Å². The second-order valence-electron chi connectivity index (χ2n) is 3.90. The van der Waals surface area contributed by atoms with Crippen molar-refractivity contribution in [1.29, 1.82) is 0 Å². The molecular weight excluding hydrogens is 186 g/mol. The van der Waals surface area contributed by atoms with Crippen molar-refractivity contribution < 1.29 is 4.74 Å². The van der Waals surface area contributed by atoms with Gasteiger partial charge in [0.2, 0.25) is 0 Å². The van der Waals surface area contributed by atoms with Crippen molar-refractivity contribution in [2.75, 3.05) is 13.7 Å². The van der Waals surface area contributed by atoms with Crippen molar-refractivity contribution in [3.05, 3.63) is 29.3 Å². The number of rotatable bonds is 5. The van der Waals surface area contributed by atoms with Gasteiger partial charge in [-0.05, 0) is 44.0 Å². The smallest absolute Gasteiger partial charge is 0.121 e. The van der Waals surface area contributed by atoms with Crippen LogP contribution in [0, 0.1) is 6.92 Å². The number of hydrogen-bond donors (Lipinski definition) is 1. The zero-order valence-corrected chi connectivity index (χ0v) is 10.1. The van der Waals surface area contributed by atoms with Gasteiger partial charge in [0, 0.05) is 6.04 Å².